The van der Waals surface area contributed by atoms with E-state index >= 15 is 0 Å². The molecule has 0 amide bonds. The number of nitrogens with zero attached hydrogens (tertiary/aromatic N) is 2. The van der Waals surface area contributed by atoms with Gasteiger partial charge >= 0.3 is 5.97 Å². The van der Waals surface area contributed by atoms with Crippen LogP contribution in [0.2, 0.25) is 5.02 Å². The molecule has 20 heavy (non-hydrogen) atoms. The summed E-state index contributed by atoms with van der Waals surface area (Å²) >= 11 is 5.96. The quantitative estimate of drug-likeness (QED) is 0.839. The summed E-state index contributed by atoms with van der Waals surface area (Å²) in [5.74, 6) is -0.924. The molecule has 1 aromatic heterocycles. The molecule has 1 rings (SSSR count). The lowest BCUT2D eigenvalue weighted by Crippen LogP contribution is -2.39. The molecular weight excluding hydrogens is 280 g/mol. The number of aromatic nitrogens is 1. The molecule has 0 aliphatic carbocycles. The van der Waals surface area contributed by atoms with Gasteiger partial charge in [-0.1, -0.05) is 11.6 Å². The van der Waals surface area contributed by atoms with E-state index in [9.17, 15) is 4.79 Å². The van der Waals surface area contributed by atoms with Gasteiger partial charge in [0.05, 0.1) is 5.56 Å². The summed E-state index contributed by atoms with van der Waals surface area (Å²) in [5, 5.41) is 9.02. The van der Waals surface area contributed by atoms with E-state index in [4.69, 9.17) is 21.4 Å². The Morgan fingerprint density at radius 3 is 2.50 bits per heavy atom. The van der Waals surface area contributed by atoms with Crippen LogP contribution in [-0.2, 0) is 0 Å². The third kappa shape index (κ3) is 4.35. The zero-order valence-corrected chi connectivity index (χ0v) is 13.0. The first kappa shape index (κ1) is 16.7. The van der Waals surface area contributed by atoms with E-state index in [2.05, 4.69) is 37.6 Å². The van der Waals surface area contributed by atoms with Crippen molar-refractivity contribution in [3.63, 3.8) is 0 Å². The number of hydrogen-bond acceptors (Lipinski definition) is 4. The van der Waals surface area contributed by atoms with Gasteiger partial charge in [-0.15, -0.1) is 0 Å². The fraction of sp³-hybridized carbons (Fsp3) is 0.571. The molecule has 1 N–H and O–H groups in total. The number of carbonyl (C=O) groups is 1. The van der Waals surface area contributed by atoms with E-state index in [0.717, 1.165) is 6.54 Å². The summed E-state index contributed by atoms with van der Waals surface area (Å²) in [6, 6.07) is 2.17. The Morgan fingerprint density at radius 2 is 2.00 bits per heavy atom. The number of pyridine rings is 1. The first-order valence-corrected chi connectivity index (χ1v) is 6.98. The molecule has 0 aliphatic heterocycles. The lowest BCUT2D eigenvalue weighted by Gasteiger charge is -2.30. The number of carboxylic acid groups (broad SMARTS) is 1. The molecule has 0 unspecified atom stereocenters. The predicted molar refractivity (Wildman–Crippen MR) is 78.7 cm³/mol. The van der Waals surface area contributed by atoms with Crippen LogP contribution >= 0.6 is 11.6 Å². The molecule has 5 nitrogen and oxygen atoms in total. The highest BCUT2D eigenvalue weighted by molar-refractivity contribution is 6.34. The van der Waals surface area contributed by atoms with Crippen LogP contribution < -0.4 is 4.74 Å². The first-order valence-electron chi connectivity index (χ1n) is 6.61. The highest BCUT2D eigenvalue weighted by atomic mass is 35.5. The second-order valence-electron chi connectivity index (χ2n) is 5.06. The molecule has 0 bridgehead atoms. The molecule has 0 aromatic carbocycles. The van der Waals surface area contributed by atoms with Crippen molar-refractivity contribution in [1.29, 1.82) is 0 Å². The Kier molecular flexibility index (Phi) is 6.23. The van der Waals surface area contributed by atoms with Crippen LogP contribution in [-0.4, -0.2) is 46.2 Å². The Bertz CT molecular complexity index is 456. The molecule has 0 atom stereocenters. The highest BCUT2D eigenvalue weighted by Crippen LogP contribution is 2.25. The van der Waals surface area contributed by atoms with Crippen molar-refractivity contribution in [3.05, 3.63) is 22.8 Å². The SMILES string of the molecule is CC(C)N(CCOc1nccc(C(=O)O)c1Cl)C(C)C. The average molecular weight is 301 g/mol. The molecule has 6 heteroatoms. The van der Waals surface area contributed by atoms with Crippen LogP contribution in [0.5, 0.6) is 5.88 Å². The standard InChI is InChI=1S/C14H21ClN2O3/c1-9(2)17(10(3)4)7-8-20-13-12(15)11(14(18)19)5-6-16-13/h5-6,9-10H,7-8H2,1-4H3,(H,18,19). The van der Waals surface area contributed by atoms with Crippen molar-refractivity contribution in [2.24, 2.45) is 0 Å². The molecule has 0 aliphatic rings. The Labute approximate surface area is 124 Å². The second kappa shape index (κ2) is 7.45. The van der Waals surface area contributed by atoms with E-state index < -0.39 is 5.97 Å². The zero-order valence-electron chi connectivity index (χ0n) is 12.3. The molecule has 0 saturated carbocycles. The maximum absolute atomic E-state index is 11.0. The summed E-state index contributed by atoms with van der Waals surface area (Å²) in [7, 11) is 0. The van der Waals surface area contributed by atoms with Gasteiger partial charge in [0.1, 0.15) is 11.6 Å². The van der Waals surface area contributed by atoms with Crippen LogP contribution in [0.25, 0.3) is 0 Å². The zero-order chi connectivity index (χ0) is 15.3. The van der Waals surface area contributed by atoms with Crippen molar-refractivity contribution < 1.29 is 14.6 Å². The minimum absolute atomic E-state index is 0.00115. The number of carboxylic acids is 1. The number of aromatic carboxylic acids is 1. The summed E-state index contributed by atoms with van der Waals surface area (Å²) < 4.78 is 5.51. The van der Waals surface area contributed by atoms with Crippen LogP contribution in [0.3, 0.4) is 0 Å². The molecule has 1 aromatic rings. The largest absolute Gasteiger partial charge is 0.478 e. The van der Waals surface area contributed by atoms with Gasteiger partial charge < -0.3 is 9.84 Å². The predicted octanol–water partition coefficient (Wildman–Crippen LogP) is 2.93. The molecular formula is C14H21ClN2O3. The molecule has 112 valence electrons. The number of halogens is 1. The lowest BCUT2D eigenvalue weighted by molar-refractivity contribution is 0.0696. The van der Waals surface area contributed by atoms with Gasteiger partial charge in [-0.25, -0.2) is 9.78 Å². The van der Waals surface area contributed by atoms with E-state index in [0.29, 0.717) is 18.7 Å². The summed E-state index contributed by atoms with van der Waals surface area (Å²) in [6.07, 6.45) is 1.38. The average Bonchev–Trinajstić information content (AvgIpc) is 2.34. The Balaban J connectivity index is 2.67. The summed E-state index contributed by atoms with van der Waals surface area (Å²) in [4.78, 5) is 17.2. The van der Waals surface area contributed by atoms with Crippen LogP contribution in [0, 0.1) is 0 Å². The molecule has 0 fully saturated rings. The number of rotatable bonds is 7. The van der Waals surface area contributed by atoms with Crippen molar-refractivity contribution in [2.45, 2.75) is 39.8 Å². The second-order valence-corrected chi connectivity index (χ2v) is 5.43. The molecule has 1 heterocycles. The van der Waals surface area contributed by atoms with E-state index in [-0.39, 0.29) is 16.5 Å². The third-order valence-electron chi connectivity index (χ3n) is 3.00. The van der Waals surface area contributed by atoms with Gasteiger partial charge in [0, 0.05) is 24.8 Å². The molecule has 0 radical (unpaired) electrons. The van der Waals surface area contributed by atoms with Crippen LogP contribution in [0.4, 0.5) is 0 Å². The lowest BCUT2D eigenvalue weighted by atomic mass is 10.2. The van der Waals surface area contributed by atoms with Crippen LogP contribution in [0.15, 0.2) is 12.3 Å². The minimum atomic E-state index is -1.09. The normalized spacial score (nSPS) is 11.4. The topological polar surface area (TPSA) is 62.7 Å². The van der Waals surface area contributed by atoms with Gasteiger partial charge in [0.2, 0.25) is 5.88 Å². The van der Waals surface area contributed by atoms with Gasteiger partial charge in [-0.2, -0.15) is 0 Å². The van der Waals surface area contributed by atoms with Gasteiger partial charge in [-0.05, 0) is 33.8 Å². The van der Waals surface area contributed by atoms with Gasteiger partial charge in [-0.3, -0.25) is 4.90 Å². The van der Waals surface area contributed by atoms with Crippen molar-refractivity contribution in [3.8, 4) is 5.88 Å². The number of hydrogen-bond donors (Lipinski definition) is 1. The monoisotopic (exact) mass is 300 g/mol. The van der Waals surface area contributed by atoms with E-state index in [1.807, 2.05) is 0 Å². The first-order chi connectivity index (χ1) is 9.34. The van der Waals surface area contributed by atoms with Crippen molar-refractivity contribution in [2.75, 3.05) is 13.2 Å². The van der Waals surface area contributed by atoms with Gasteiger partial charge in [0.15, 0.2) is 0 Å². The summed E-state index contributed by atoms with van der Waals surface area (Å²) in [6.45, 7) is 9.62. The van der Waals surface area contributed by atoms with Crippen molar-refractivity contribution >= 4 is 17.6 Å². The van der Waals surface area contributed by atoms with E-state index in [1.165, 1.54) is 12.3 Å². The summed E-state index contributed by atoms with van der Waals surface area (Å²) in [5.41, 5.74) is 0.00115. The fourth-order valence-corrected chi connectivity index (χ4v) is 2.30. The number of ether oxygens (including phenoxy) is 1. The third-order valence-corrected chi connectivity index (χ3v) is 3.37. The molecule has 0 spiro atoms. The van der Waals surface area contributed by atoms with Gasteiger partial charge in [0.25, 0.3) is 0 Å². The highest BCUT2D eigenvalue weighted by Gasteiger charge is 2.16. The maximum atomic E-state index is 11.0. The fourth-order valence-electron chi connectivity index (χ4n) is 2.05. The van der Waals surface area contributed by atoms with Crippen LogP contribution in [0.1, 0.15) is 38.1 Å². The van der Waals surface area contributed by atoms with E-state index in [1.54, 1.807) is 0 Å². The molecule has 0 saturated heterocycles. The minimum Gasteiger partial charge on any atom is -0.478 e. The Hall–Kier alpha value is -1.33. The smallest absolute Gasteiger partial charge is 0.337 e. The Morgan fingerprint density at radius 1 is 1.40 bits per heavy atom. The maximum Gasteiger partial charge on any atom is 0.337 e. The van der Waals surface area contributed by atoms with Crippen molar-refractivity contribution in [1.82, 2.24) is 9.88 Å².